The number of fused-ring (bicyclic) bond motifs is 1. The van der Waals surface area contributed by atoms with Gasteiger partial charge in [0.2, 0.25) is 0 Å². The Balaban J connectivity index is 1.38. The van der Waals surface area contributed by atoms with Crippen LogP contribution in [0.3, 0.4) is 0 Å². The first-order valence-corrected chi connectivity index (χ1v) is 10.5. The van der Waals surface area contributed by atoms with Gasteiger partial charge in [-0.05, 0) is 42.2 Å². The second kappa shape index (κ2) is 7.83. The molecule has 1 aliphatic carbocycles. The molecule has 0 radical (unpaired) electrons. The lowest BCUT2D eigenvalue weighted by molar-refractivity contribution is 0.0955. The van der Waals surface area contributed by atoms with Gasteiger partial charge in [-0.2, -0.15) is 5.10 Å². The molecule has 7 nitrogen and oxygen atoms in total. The van der Waals surface area contributed by atoms with Crippen molar-refractivity contribution in [1.29, 1.82) is 0 Å². The van der Waals surface area contributed by atoms with Gasteiger partial charge in [-0.1, -0.05) is 30.3 Å². The normalized spacial score (nSPS) is 13.5. The van der Waals surface area contributed by atoms with Crippen molar-refractivity contribution in [3.8, 4) is 11.1 Å². The van der Waals surface area contributed by atoms with Crippen LogP contribution in [0.25, 0.3) is 21.9 Å². The zero-order valence-electron chi connectivity index (χ0n) is 17.3. The highest BCUT2D eigenvalue weighted by Gasteiger charge is 2.24. The summed E-state index contributed by atoms with van der Waals surface area (Å²) >= 11 is 0. The minimum atomic E-state index is -0.180. The number of benzene rings is 2. The number of carbonyl (C=O) groups excluding carboxylic acids is 1. The van der Waals surface area contributed by atoms with Crippen molar-refractivity contribution in [2.45, 2.75) is 32.2 Å². The van der Waals surface area contributed by atoms with Crippen molar-refractivity contribution in [3.05, 3.63) is 82.3 Å². The number of nitrogens with zero attached hydrogens (tertiary/aromatic N) is 3. The molecule has 0 saturated heterocycles. The first-order chi connectivity index (χ1) is 15.1. The van der Waals surface area contributed by atoms with Crippen LogP contribution in [0, 0.1) is 6.92 Å². The highest BCUT2D eigenvalue weighted by Crippen LogP contribution is 2.36. The summed E-state index contributed by atoms with van der Waals surface area (Å²) in [5.74, 6) is 0.421. The van der Waals surface area contributed by atoms with Gasteiger partial charge in [0.15, 0.2) is 0 Å². The Hall–Kier alpha value is -3.74. The lowest BCUT2D eigenvalue weighted by Crippen LogP contribution is -2.27. The van der Waals surface area contributed by atoms with Crippen LogP contribution in [0.1, 0.15) is 40.8 Å². The van der Waals surface area contributed by atoms with Crippen LogP contribution in [0.15, 0.2) is 59.7 Å². The molecule has 7 heteroatoms. The molecule has 2 N–H and O–H groups in total. The quantitative estimate of drug-likeness (QED) is 0.507. The van der Waals surface area contributed by atoms with Gasteiger partial charge in [0.1, 0.15) is 5.82 Å². The van der Waals surface area contributed by atoms with Crippen LogP contribution in [0.2, 0.25) is 0 Å². The van der Waals surface area contributed by atoms with Gasteiger partial charge in [-0.15, -0.1) is 0 Å². The van der Waals surface area contributed by atoms with Crippen LogP contribution in [0.5, 0.6) is 0 Å². The van der Waals surface area contributed by atoms with Gasteiger partial charge in [0.25, 0.3) is 11.5 Å². The summed E-state index contributed by atoms with van der Waals surface area (Å²) in [5.41, 5.74) is 3.24. The van der Waals surface area contributed by atoms with E-state index in [1.165, 1.54) is 18.9 Å². The number of aromatic nitrogens is 4. The van der Waals surface area contributed by atoms with E-state index in [4.69, 9.17) is 0 Å². The first-order valence-electron chi connectivity index (χ1n) is 10.5. The Morgan fingerprint density at radius 3 is 2.81 bits per heavy atom. The van der Waals surface area contributed by atoms with E-state index in [2.05, 4.69) is 32.6 Å². The molecule has 2 aromatic carbocycles. The molecule has 0 spiro atoms. The zero-order chi connectivity index (χ0) is 21.4. The fourth-order valence-electron chi connectivity index (χ4n) is 3.92. The van der Waals surface area contributed by atoms with E-state index in [1.807, 2.05) is 41.2 Å². The average Bonchev–Trinajstić information content (AvgIpc) is 3.49. The van der Waals surface area contributed by atoms with Crippen LogP contribution in [-0.4, -0.2) is 32.2 Å². The van der Waals surface area contributed by atoms with Crippen LogP contribution in [-0.2, 0) is 6.42 Å². The second-order valence-electron chi connectivity index (χ2n) is 7.99. The number of amides is 1. The summed E-state index contributed by atoms with van der Waals surface area (Å²) in [6, 6.07) is 13.8. The number of nitrogens with one attached hydrogen (secondary N) is 2. The minimum Gasteiger partial charge on any atom is -0.352 e. The van der Waals surface area contributed by atoms with E-state index in [9.17, 15) is 9.59 Å². The van der Waals surface area contributed by atoms with Crippen LogP contribution >= 0.6 is 0 Å². The number of hydrogen-bond donors (Lipinski definition) is 2. The lowest BCUT2D eigenvalue weighted by Gasteiger charge is -2.10. The molecule has 1 fully saturated rings. The third kappa shape index (κ3) is 3.99. The van der Waals surface area contributed by atoms with Crippen molar-refractivity contribution in [3.63, 3.8) is 0 Å². The Labute approximate surface area is 179 Å². The summed E-state index contributed by atoms with van der Waals surface area (Å²) in [6.07, 6.45) is 6.82. The maximum absolute atomic E-state index is 12.9. The third-order valence-electron chi connectivity index (χ3n) is 5.57. The SMILES string of the molecule is Cc1cc(=O)[nH]c(CCNC(=O)c2cccc3c(-c4cnn(C5CC5)c4)cccc23)n1. The second-order valence-corrected chi connectivity index (χ2v) is 7.99. The van der Waals surface area contributed by atoms with Crippen molar-refractivity contribution in [1.82, 2.24) is 25.1 Å². The molecule has 1 amide bonds. The monoisotopic (exact) mass is 413 g/mol. The zero-order valence-corrected chi connectivity index (χ0v) is 17.3. The number of hydrogen-bond acceptors (Lipinski definition) is 4. The Bertz CT molecular complexity index is 1330. The third-order valence-corrected chi connectivity index (χ3v) is 5.57. The highest BCUT2D eigenvalue weighted by molar-refractivity contribution is 6.10. The van der Waals surface area contributed by atoms with E-state index >= 15 is 0 Å². The summed E-state index contributed by atoms with van der Waals surface area (Å²) in [7, 11) is 0. The molecule has 0 unspecified atom stereocenters. The Kier molecular flexibility index (Phi) is 4.86. The lowest BCUT2D eigenvalue weighted by atomic mass is 9.97. The Morgan fingerprint density at radius 1 is 1.19 bits per heavy atom. The largest absolute Gasteiger partial charge is 0.352 e. The van der Waals surface area contributed by atoms with E-state index in [0.29, 0.717) is 36.1 Å². The van der Waals surface area contributed by atoms with E-state index in [-0.39, 0.29) is 11.5 Å². The molecular weight excluding hydrogens is 390 g/mol. The predicted molar refractivity (Wildman–Crippen MR) is 119 cm³/mol. The first kappa shape index (κ1) is 19.2. The average molecular weight is 413 g/mol. The predicted octanol–water partition coefficient (Wildman–Crippen LogP) is 3.40. The van der Waals surface area contributed by atoms with E-state index in [1.54, 1.807) is 6.92 Å². The van der Waals surface area contributed by atoms with Crippen LogP contribution in [0.4, 0.5) is 0 Å². The molecule has 4 aromatic rings. The summed E-state index contributed by atoms with van der Waals surface area (Å²) in [5, 5.41) is 9.38. The summed E-state index contributed by atoms with van der Waals surface area (Å²) in [4.78, 5) is 31.5. The molecule has 0 bridgehead atoms. The molecule has 0 atom stereocenters. The molecule has 1 saturated carbocycles. The van der Waals surface area contributed by atoms with Gasteiger partial charge in [-0.25, -0.2) is 4.98 Å². The highest BCUT2D eigenvalue weighted by atomic mass is 16.1. The Morgan fingerprint density at radius 2 is 2.00 bits per heavy atom. The standard InChI is InChI=1S/C24H23N5O2/c1-15-12-23(30)28-22(27-15)10-11-25-24(31)21-7-3-5-19-18(4-2-6-20(19)21)16-13-26-29(14-16)17-8-9-17/h2-7,12-14,17H,8-11H2,1H3,(H,25,31)(H,27,28,30). The number of aromatic amines is 1. The van der Waals surface area contributed by atoms with Gasteiger partial charge in [0.05, 0.1) is 12.2 Å². The molecule has 2 aromatic heterocycles. The van der Waals surface area contributed by atoms with Crippen molar-refractivity contribution in [2.24, 2.45) is 0 Å². The molecule has 31 heavy (non-hydrogen) atoms. The van der Waals surface area contributed by atoms with Crippen molar-refractivity contribution >= 4 is 16.7 Å². The fraction of sp³-hybridized carbons (Fsp3) is 0.250. The van der Waals surface area contributed by atoms with E-state index < -0.39 is 0 Å². The molecule has 2 heterocycles. The maximum Gasteiger partial charge on any atom is 0.251 e. The molecule has 1 aliphatic rings. The van der Waals surface area contributed by atoms with Gasteiger partial charge >= 0.3 is 0 Å². The van der Waals surface area contributed by atoms with Crippen molar-refractivity contribution < 1.29 is 4.79 Å². The molecule has 156 valence electrons. The summed E-state index contributed by atoms with van der Waals surface area (Å²) in [6.45, 7) is 2.16. The fourth-order valence-corrected chi connectivity index (χ4v) is 3.92. The maximum atomic E-state index is 12.9. The number of H-pyrrole nitrogens is 1. The minimum absolute atomic E-state index is 0.147. The van der Waals surface area contributed by atoms with E-state index in [0.717, 1.165) is 21.9 Å². The molecular formula is C24H23N5O2. The number of rotatable bonds is 6. The smallest absolute Gasteiger partial charge is 0.251 e. The van der Waals surface area contributed by atoms with Gasteiger partial charge < -0.3 is 10.3 Å². The number of carbonyl (C=O) groups is 1. The van der Waals surface area contributed by atoms with Gasteiger partial charge in [0, 0.05) is 42.0 Å². The van der Waals surface area contributed by atoms with Crippen LogP contribution < -0.4 is 10.9 Å². The molecule has 5 rings (SSSR count). The topological polar surface area (TPSA) is 92.7 Å². The van der Waals surface area contributed by atoms with Crippen molar-refractivity contribution in [2.75, 3.05) is 6.54 Å². The van der Waals surface area contributed by atoms with Gasteiger partial charge in [-0.3, -0.25) is 14.3 Å². The summed E-state index contributed by atoms with van der Waals surface area (Å²) < 4.78 is 2.04. The molecule has 0 aliphatic heterocycles. The number of aryl methyl sites for hydroxylation is 1.